The SMILES string of the molecule is CCC(CO)Nc1cccc(C(F)(F)F)n1. The molecule has 1 rings (SSSR count). The van der Waals surface area contributed by atoms with Crippen LogP contribution in [0.3, 0.4) is 0 Å². The molecule has 0 amide bonds. The predicted octanol–water partition coefficient (Wildman–Crippen LogP) is 2.28. The molecule has 1 unspecified atom stereocenters. The zero-order valence-corrected chi connectivity index (χ0v) is 8.75. The molecular weight excluding hydrogens is 221 g/mol. The van der Waals surface area contributed by atoms with E-state index in [2.05, 4.69) is 10.3 Å². The van der Waals surface area contributed by atoms with Crippen molar-refractivity contribution in [3.63, 3.8) is 0 Å². The molecule has 0 spiro atoms. The first-order chi connectivity index (χ1) is 7.47. The van der Waals surface area contributed by atoms with E-state index >= 15 is 0 Å². The Morgan fingerprint density at radius 1 is 1.44 bits per heavy atom. The smallest absolute Gasteiger partial charge is 0.394 e. The average molecular weight is 234 g/mol. The van der Waals surface area contributed by atoms with Gasteiger partial charge in [-0.1, -0.05) is 13.0 Å². The summed E-state index contributed by atoms with van der Waals surface area (Å²) in [5.74, 6) is 0.121. The average Bonchev–Trinajstić information content (AvgIpc) is 2.25. The van der Waals surface area contributed by atoms with Crippen molar-refractivity contribution in [3.8, 4) is 0 Å². The van der Waals surface area contributed by atoms with E-state index in [0.29, 0.717) is 6.42 Å². The molecule has 0 radical (unpaired) electrons. The van der Waals surface area contributed by atoms with Crippen LogP contribution < -0.4 is 5.32 Å². The molecule has 0 aliphatic carbocycles. The first-order valence-electron chi connectivity index (χ1n) is 4.89. The highest BCUT2D eigenvalue weighted by Crippen LogP contribution is 2.28. The normalized spacial score (nSPS) is 13.6. The highest BCUT2D eigenvalue weighted by molar-refractivity contribution is 5.37. The summed E-state index contributed by atoms with van der Waals surface area (Å²) in [4.78, 5) is 3.43. The number of anilines is 1. The standard InChI is InChI=1S/C10H13F3N2O/c1-2-7(6-16)14-9-5-3-4-8(15-9)10(11,12)13/h3-5,7,16H,2,6H2,1H3,(H,14,15). The van der Waals surface area contributed by atoms with Gasteiger partial charge >= 0.3 is 6.18 Å². The van der Waals surface area contributed by atoms with Crippen LogP contribution in [0, 0.1) is 0 Å². The Morgan fingerprint density at radius 2 is 2.12 bits per heavy atom. The summed E-state index contributed by atoms with van der Waals surface area (Å²) in [5, 5.41) is 11.6. The van der Waals surface area contributed by atoms with Gasteiger partial charge in [0.1, 0.15) is 11.5 Å². The highest BCUT2D eigenvalue weighted by atomic mass is 19.4. The molecule has 1 aromatic rings. The van der Waals surface area contributed by atoms with Gasteiger partial charge in [-0.2, -0.15) is 13.2 Å². The number of nitrogens with zero attached hydrogens (tertiary/aromatic N) is 1. The van der Waals surface area contributed by atoms with Crippen LogP contribution in [-0.4, -0.2) is 22.7 Å². The maximum Gasteiger partial charge on any atom is 0.433 e. The third kappa shape index (κ3) is 3.37. The number of pyridine rings is 1. The van der Waals surface area contributed by atoms with Crippen molar-refractivity contribution in [1.82, 2.24) is 4.98 Å². The van der Waals surface area contributed by atoms with Gasteiger partial charge in [0, 0.05) is 0 Å². The van der Waals surface area contributed by atoms with Crippen LogP contribution in [0.5, 0.6) is 0 Å². The number of rotatable bonds is 4. The van der Waals surface area contributed by atoms with Gasteiger partial charge < -0.3 is 10.4 Å². The zero-order valence-electron chi connectivity index (χ0n) is 8.75. The van der Waals surface area contributed by atoms with Gasteiger partial charge in [0.05, 0.1) is 12.6 Å². The first-order valence-corrected chi connectivity index (χ1v) is 4.89. The first kappa shape index (κ1) is 12.8. The van der Waals surface area contributed by atoms with Crippen molar-refractivity contribution in [1.29, 1.82) is 0 Å². The Hall–Kier alpha value is -1.30. The molecule has 2 N–H and O–H groups in total. The molecule has 0 aliphatic heterocycles. The second kappa shape index (κ2) is 5.16. The number of nitrogens with one attached hydrogen (secondary N) is 1. The molecule has 0 bridgehead atoms. The van der Waals surface area contributed by atoms with Crippen molar-refractivity contribution >= 4 is 5.82 Å². The van der Waals surface area contributed by atoms with Gasteiger partial charge in [0.2, 0.25) is 0 Å². The largest absolute Gasteiger partial charge is 0.433 e. The lowest BCUT2D eigenvalue weighted by molar-refractivity contribution is -0.141. The van der Waals surface area contributed by atoms with Crippen LogP contribution in [0.25, 0.3) is 0 Å². The quantitative estimate of drug-likeness (QED) is 0.840. The monoisotopic (exact) mass is 234 g/mol. The molecule has 1 heterocycles. The maximum absolute atomic E-state index is 12.3. The number of aliphatic hydroxyl groups is 1. The Kier molecular flexibility index (Phi) is 4.12. The van der Waals surface area contributed by atoms with E-state index in [4.69, 9.17) is 5.11 Å². The molecule has 0 aliphatic rings. The molecule has 90 valence electrons. The molecule has 1 atom stereocenters. The van der Waals surface area contributed by atoms with Gasteiger partial charge in [-0.25, -0.2) is 4.98 Å². The van der Waals surface area contributed by atoms with Crippen LogP contribution in [0.1, 0.15) is 19.0 Å². The zero-order chi connectivity index (χ0) is 12.2. The Morgan fingerprint density at radius 3 is 2.62 bits per heavy atom. The third-order valence-corrected chi connectivity index (χ3v) is 2.10. The Labute approximate surface area is 91.3 Å². The van der Waals surface area contributed by atoms with Crippen LogP contribution in [0.2, 0.25) is 0 Å². The number of aromatic nitrogens is 1. The van der Waals surface area contributed by atoms with E-state index in [0.717, 1.165) is 6.07 Å². The van der Waals surface area contributed by atoms with E-state index in [9.17, 15) is 13.2 Å². The van der Waals surface area contributed by atoms with Gasteiger partial charge in [0.15, 0.2) is 0 Å². The minimum absolute atomic E-state index is 0.121. The summed E-state index contributed by atoms with van der Waals surface area (Å²) < 4.78 is 37.0. The van der Waals surface area contributed by atoms with Crippen LogP contribution in [-0.2, 0) is 6.18 Å². The highest BCUT2D eigenvalue weighted by Gasteiger charge is 2.32. The molecule has 0 fully saturated rings. The number of aliphatic hydroxyl groups excluding tert-OH is 1. The van der Waals surface area contributed by atoms with E-state index in [-0.39, 0.29) is 18.5 Å². The summed E-state index contributed by atoms with van der Waals surface area (Å²) in [6, 6.07) is 3.34. The molecule has 1 aromatic heterocycles. The summed E-state index contributed by atoms with van der Waals surface area (Å²) in [6.45, 7) is 1.68. The third-order valence-electron chi connectivity index (χ3n) is 2.10. The predicted molar refractivity (Wildman–Crippen MR) is 54.0 cm³/mol. The minimum atomic E-state index is -4.45. The van der Waals surface area contributed by atoms with Crippen molar-refractivity contribution < 1.29 is 18.3 Å². The fourth-order valence-corrected chi connectivity index (χ4v) is 1.16. The number of hydrogen-bond donors (Lipinski definition) is 2. The van der Waals surface area contributed by atoms with Gasteiger partial charge in [-0.3, -0.25) is 0 Å². The number of hydrogen-bond acceptors (Lipinski definition) is 3. The topological polar surface area (TPSA) is 45.1 Å². The lowest BCUT2D eigenvalue weighted by atomic mass is 10.2. The number of halogens is 3. The second-order valence-corrected chi connectivity index (χ2v) is 3.34. The van der Waals surface area contributed by atoms with E-state index < -0.39 is 11.9 Å². The van der Waals surface area contributed by atoms with Crippen LogP contribution in [0.4, 0.5) is 19.0 Å². The number of alkyl halides is 3. The Balaban J connectivity index is 2.82. The molecule has 0 saturated carbocycles. The molecule has 0 aromatic carbocycles. The van der Waals surface area contributed by atoms with Crippen molar-refractivity contribution in [2.24, 2.45) is 0 Å². The van der Waals surface area contributed by atoms with Gasteiger partial charge in [-0.15, -0.1) is 0 Å². The molecule has 6 heteroatoms. The summed E-state index contributed by atoms with van der Waals surface area (Å²) in [7, 11) is 0. The van der Waals surface area contributed by atoms with E-state index in [1.54, 1.807) is 0 Å². The lowest BCUT2D eigenvalue weighted by Gasteiger charge is -2.15. The van der Waals surface area contributed by atoms with E-state index in [1.807, 2.05) is 6.92 Å². The fraction of sp³-hybridized carbons (Fsp3) is 0.500. The maximum atomic E-state index is 12.3. The van der Waals surface area contributed by atoms with Gasteiger partial charge in [0.25, 0.3) is 0 Å². The fourth-order valence-electron chi connectivity index (χ4n) is 1.16. The molecular formula is C10H13F3N2O. The van der Waals surface area contributed by atoms with Crippen LogP contribution in [0.15, 0.2) is 18.2 Å². The summed E-state index contributed by atoms with van der Waals surface area (Å²) >= 11 is 0. The van der Waals surface area contributed by atoms with Crippen molar-refractivity contribution in [3.05, 3.63) is 23.9 Å². The summed E-state index contributed by atoms with van der Waals surface area (Å²) in [5.41, 5.74) is -0.940. The minimum Gasteiger partial charge on any atom is -0.394 e. The Bertz CT molecular complexity index is 337. The summed E-state index contributed by atoms with van der Waals surface area (Å²) in [6.07, 6.45) is -3.84. The van der Waals surface area contributed by atoms with Gasteiger partial charge in [-0.05, 0) is 18.6 Å². The lowest BCUT2D eigenvalue weighted by Crippen LogP contribution is -2.23. The second-order valence-electron chi connectivity index (χ2n) is 3.34. The van der Waals surface area contributed by atoms with Crippen molar-refractivity contribution in [2.75, 3.05) is 11.9 Å². The van der Waals surface area contributed by atoms with Crippen LogP contribution >= 0.6 is 0 Å². The molecule has 0 saturated heterocycles. The van der Waals surface area contributed by atoms with Crippen molar-refractivity contribution in [2.45, 2.75) is 25.6 Å². The molecule has 3 nitrogen and oxygen atoms in total. The molecule has 16 heavy (non-hydrogen) atoms. The van der Waals surface area contributed by atoms with E-state index in [1.165, 1.54) is 12.1 Å².